The monoisotopic (exact) mass is 386 g/mol. The van der Waals surface area contributed by atoms with Gasteiger partial charge in [-0.1, -0.05) is 23.4 Å². The third-order valence-corrected chi connectivity index (χ3v) is 3.83. The van der Waals surface area contributed by atoms with E-state index in [-0.39, 0.29) is 29.8 Å². The molecule has 0 aliphatic rings. The third-order valence-electron chi connectivity index (χ3n) is 2.93. The second-order valence-electron chi connectivity index (χ2n) is 5.01. The molecule has 0 saturated heterocycles. The van der Waals surface area contributed by atoms with Crippen LogP contribution in [-0.4, -0.2) is 35.2 Å². The first kappa shape index (κ1) is 19.7. The van der Waals surface area contributed by atoms with Crippen LogP contribution in [0.25, 0.3) is 0 Å². The fourth-order valence-corrected chi connectivity index (χ4v) is 2.47. The lowest BCUT2D eigenvalue weighted by atomic mass is 10.2. The number of thioether (sulfide) groups is 1. The quantitative estimate of drug-likeness (QED) is 0.663. The van der Waals surface area contributed by atoms with Crippen LogP contribution in [0.15, 0.2) is 34.9 Å². The first-order valence-corrected chi connectivity index (χ1v) is 8.59. The lowest BCUT2D eigenvalue weighted by Gasteiger charge is -2.10. The highest BCUT2D eigenvalue weighted by atomic mass is 32.2. The summed E-state index contributed by atoms with van der Waals surface area (Å²) in [6.07, 6.45) is 0. The molecular weight excluding hydrogens is 370 g/mol. The van der Waals surface area contributed by atoms with E-state index >= 15 is 0 Å². The number of ether oxygens (including phenoxy) is 2. The molecule has 1 heterocycles. The number of benzene rings is 1. The van der Waals surface area contributed by atoms with Gasteiger partial charge in [0.05, 0.1) is 11.5 Å². The van der Waals surface area contributed by atoms with Crippen LogP contribution in [0.5, 0.6) is 5.75 Å². The Morgan fingerprint density at radius 2 is 2.08 bits per heavy atom. The molecule has 0 unspecified atom stereocenters. The molecule has 1 amide bonds. The molecule has 26 heavy (non-hydrogen) atoms. The van der Waals surface area contributed by atoms with E-state index in [1.165, 1.54) is 18.2 Å². The minimum atomic E-state index is -2.96. The van der Waals surface area contributed by atoms with Crippen molar-refractivity contribution in [1.29, 1.82) is 0 Å². The number of hydrogen-bond acceptors (Lipinski definition) is 7. The average Bonchev–Trinajstić information content (AvgIpc) is 2.98. The Morgan fingerprint density at radius 1 is 1.31 bits per heavy atom. The van der Waals surface area contributed by atoms with E-state index in [4.69, 9.17) is 9.26 Å². The second kappa shape index (κ2) is 9.76. The molecule has 1 N–H and O–H groups in total. The van der Waals surface area contributed by atoms with Crippen LogP contribution < -0.4 is 10.1 Å². The highest BCUT2D eigenvalue weighted by Crippen LogP contribution is 2.21. The summed E-state index contributed by atoms with van der Waals surface area (Å²) in [6.45, 7) is -1.47. The molecule has 0 spiro atoms. The number of aryl methyl sites for hydroxylation is 1. The van der Waals surface area contributed by atoms with E-state index < -0.39 is 12.6 Å². The summed E-state index contributed by atoms with van der Waals surface area (Å²) < 4.78 is 38.8. The van der Waals surface area contributed by atoms with E-state index in [9.17, 15) is 18.4 Å². The molecule has 1 aromatic carbocycles. The third kappa shape index (κ3) is 6.71. The first-order chi connectivity index (χ1) is 12.4. The van der Waals surface area contributed by atoms with E-state index in [1.54, 1.807) is 19.1 Å². The van der Waals surface area contributed by atoms with Crippen molar-refractivity contribution < 1.29 is 32.4 Å². The number of esters is 1. The maximum atomic E-state index is 12.3. The normalized spacial score (nSPS) is 10.6. The van der Waals surface area contributed by atoms with Crippen LogP contribution in [0.2, 0.25) is 0 Å². The van der Waals surface area contributed by atoms with Gasteiger partial charge >= 0.3 is 12.6 Å². The summed E-state index contributed by atoms with van der Waals surface area (Å²) in [6, 6.07) is 7.60. The number of halogens is 2. The number of aromatic nitrogens is 1. The van der Waals surface area contributed by atoms with Gasteiger partial charge in [0.2, 0.25) is 5.91 Å². The molecule has 0 saturated carbocycles. The molecule has 140 valence electrons. The van der Waals surface area contributed by atoms with Crippen LogP contribution in [0.3, 0.4) is 0 Å². The van der Waals surface area contributed by atoms with E-state index in [0.29, 0.717) is 17.1 Å². The highest BCUT2D eigenvalue weighted by Gasteiger charge is 2.12. The molecule has 7 nitrogen and oxygen atoms in total. The molecule has 0 fully saturated rings. The topological polar surface area (TPSA) is 90.7 Å². The molecule has 2 rings (SSSR count). The summed E-state index contributed by atoms with van der Waals surface area (Å²) in [5, 5.41) is 6.13. The smallest absolute Gasteiger partial charge is 0.387 e. The lowest BCUT2D eigenvalue weighted by molar-refractivity contribution is -0.141. The van der Waals surface area contributed by atoms with Crippen LogP contribution >= 0.6 is 11.8 Å². The minimum absolute atomic E-state index is 0.0199. The van der Waals surface area contributed by atoms with Gasteiger partial charge in [-0.3, -0.25) is 9.59 Å². The Balaban J connectivity index is 1.70. The summed E-state index contributed by atoms with van der Waals surface area (Å²) in [5.74, 6) is -0.155. The summed E-state index contributed by atoms with van der Waals surface area (Å²) >= 11 is 1.05. The zero-order valence-corrected chi connectivity index (χ0v) is 14.6. The standard InChI is InChI=1S/C16H16F2N2O5S/c1-10-6-13(20-25-10)19-14(21)8-26-9-15(22)23-7-11-4-2-3-5-12(11)24-16(17)18/h2-6,16H,7-9H2,1H3,(H,19,20,21). The van der Waals surface area contributed by atoms with Gasteiger partial charge in [-0.15, -0.1) is 11.8 Å². The first-order valence-electron chi connectivity index (χ1n) is 7.43. The van der Waals surface area contributed by atoms with Crippen molar-refractivity contribution in [3.8, 4) is 5.75 Å². The van der Waals surface area contributed by atoms with Gasteiger partial charge in [0.1, 0.15) is 18.1 Å². The Labute approximate surface area is 152 Å². The van der Waals surface area contributed by atoms with E-state index in [0.717, 1.165) is 11.8 Å². The molecule has 2 aromatic rings. The van der Waals surface area contributed by atoms with Gasteiger partial charge in [0.25, 0.3) is 0 Å². The molecule has 0 aliphatic heterocycles. The summed E-state index contributed by atoms with van der Waals surface area (Å²) in [5.41, 5.74) is 0.324. The largest absolute Gasteiger partial charge is 0.460 e. The van der Waals surface area contributed by atoms with Gasteiger partial charge in [0, 0.05) is 11.6 Å². The number of amides is 1. The Morgan fingerprint density at radius 3 is 2.77 bits per heavy atom. The number of carbonyl (C=O) groups excluding carboxylic acids is 2. The van der Waals surface area contributed by atoms with Gasteiger partial charge < -0.3 is 19.3 Å². The maximum absolute atomic E-state index is 12.3. The SMILES string of the molecule is Cc1cc(NC(=O)CSCC(=O)OCc2ccccc2OC(F)F)no1. The zero-order valence-electron chi connectivity index (χ0n) is 13.7. The predicted molar refractivity (Wildman–Crippen MR) is 90.1 cm³/mol. The molecule has 0 bridgehead atoms. The second-order valence-corrected chi connectivity index (χ2v) is 6.00. The van der Waals surface area contributed by atoms with Crippen molar-refractivity contribution in [2.45, 2.75) is 20.1 Å². The van der Waals surface area contributed by atoms with Crippen molar-refractivity contribution >= 4 is 29.5 Å². The fraction of sp³-hybridized carbons (Fsp3) is 0.312. The van der Waals surface area contributed by atoms with Gasteiger partial charge in [-0.25, -0.2) is 0 Å². The van der Waals surface area contributed by atoms with Crippen molar-refractivity contribution in [2.24, 2.45) is 0 Å². The molecule has 0 aliphatic carbocycles. The number of hydrogen-bond donors (Lipinski definition) is 1. The van der Waals surface area contributed by atoms with Crippen LogP contribution in [0, 0.1) is 6.92 Å². The number of carbonyl (C=O) groups is 2. The number of nitrogens with one attached hydrogen (secondary N) is 1. The Kier molecular flexibility index (Phi) is 7.39. The number of rotatable bonds is 9. The minimum Gasteiger partial charge on any atom is -0.460 e. The van der Waals surface area contributed by atoms with Crippen molar-refractivity contribution in [3.63, 3.8) is 0 Å². The van der Waals surface area contributed by atoms with Crippen LogP contribution in [0.4, 0.5) is 14.6 Å². The lowest BCUT2D eigenvalue weighted by Crippen LogP contribution is -2.16. The fourth-order valence-electron chi connectivity index (χ4n) is 1.87. The molecule has 0 radical (unpaired) electrons. The van der Waals surface area contributed by atoms with Crippen molar-refractivity contribution in [2.75, 3.05) is 16.8 Å². The molecule has 10 heteroatoms. The number of anilines is 1. The zero-order chi connectivity index (χ0) is 18.9. The molecule has 1 aromatic heterocycles. The predicted octanol–water partition coefficient (Wildman–Crippen LogP) is 3.00. The highest BCUT2D eigenvalue weighted by molar-refractivity contribution is 8.00. The van der Waals surface area contributed by atoms with Gasteiger partial charge in [-0.2, -0.15) is 8.78 Å². The number of nitrogens with zero attached hydrogens (tertiary/aromatic N) is 1. The summed E-state index contributed by atoms with van der Waals surface area (Å²) in [7, 11) is 0. The molecular formula is C16H16F2N2O5S. The van der Waals surface area contributed by atoms with Crippen LogP contribution in [0.1, 0.15) is 11.3 Å². The average molecular weight is 386 g/mol. The Hall–Kier alpha value is -2.62. The van der Waals surface area contributed by atoms with Crippen LogP contribution in [-0.2, 0) is 20.9 Å². The number of para-hydroxylation sites is 1. The Bertz CT molecular complexity index is 754. The summed E-state index contributed by atoms with van der Waals surface area (Å²) in [4.78, 5) is 23.4. The van der Waals surface area contributed by atoms with Crippen molar-refractivity contribution in [1.82, 2.24) is 5.16 Å². The van der Waals surface area contributed by atoms with Crippen molar-refractivity contribution in [3.05, 3.63) is 41.7 Å². The molecule has 0 atom stereocenters. The van der Waals surface area contributed by atoms with E-state index in [2.05, 4.69) is 15.2 Å². The van der Waals surface area contributed by atoms with Gasteiger partial charge in [0.15, 0.2) is 5.82 Å². The van der Waals surface area contributed by atoms with Gasteiger partial charge in [-0.05, 0) is 13.0 Å². The number of alkyl halides is 2. The maximum Gasteiger partial charge on any atom is 0.387 e. The van der Waals surface area contributed by atoms with E-state index in [1.807, 2.05) is 0 Å².